The first kappa shape index (κ1) is 19.2. The van der Waals surface area contributed by atoms with Crippen LogP contribution in [0.25, 0.3) is 12.2 Å². The van der Waals surface area contributed by atoms with Crippen LogP contribution in [-0.4, -0.2) is 34.5 Å². The van der Waals surface area contributed by atoms with E-state index in [1.54, 1.807) is 12.4 Å². The highest BCUT2D eigenvalue weighted by Gasteiger charge is 2.34. The zero-order valence-electron chi connectivity index (χ0n) is 16.2. The van der Waals surface area contributed by atoms with E-state index in [-0.39, 0.29) is 5.91 Å². The van der Waals surface area contributed by atoms with E-state index in [1.165, 1.54) is 12.8 Å². The molecule has 0 atom stereocenters. The number of benzene rings is 1. The topological polar surface area (TPSA) is 42.4 Å². The van der Waals surface area contributed by atoms with Crippen molar-refractivity contribution < 1.29 is 9.53 Å². The molecule has 4 heteroatoms. The summed E-state index contributed by atoms with van der Waals surface area (Å²) in [5.74, 6) is 0.787. The maximum absolute atomic E-state index is 12.9. The average Bonchev–Trinajstić information content (AvgIpc) is 2.97. The number of aromatic nitrogens is 1. The van der Waals surface area contributed by atoms with E-state index in [0.717, 1.165) is 37.1 Å². The highest BCUT2D eigenvalue weighted by atomic mass is 16.5. The van der Waals surface area contributed by atoms with Crippen molar-refractivity contribution in [2.75, 3.05) is 13.1 Å². The van der Waals surface area contributed by atoms with Gasteiger partial charge in [0.25, 0.3) is 5.91 Å². The highest BCUT2D eigenvalue weighted by Crippen LogP contribution is 2.23. The summed E-state index contributed by atoms with van der Waals surface area (Å²) in [6, 6.07) is 11.8. The Hall–Kier alpha value is -2.62. The van der Waals surface area contributed by atoms with E-state index >= 15 is 0 Å². The van der Waals surface area contributed by atoms with Crippen LogP contribution in [0.5, 0.6) is 5.75 Å². The van der Waals surface area contributed by atoms with Gasteiger partial charge in [-0.05, 0) is 62.1 Å². The molecule has 0 bridgehead atoms. The largest absolute Gasteiger partial charge is 0.478 e. The van der Waals surface area contributed by atoms with Gasteiger partial charge in [-0.3, -0.25) is 9.78 Å². The Labute approximate surface area is 161 Å². The maximum Gasteiger partial charge on any atom is 0.266 e. The molecule has 0 spiro atoms. The van der Waals surface area contributed by atoms with E-state index in [9.17, 15) is 4.79 Å². The maximum atomic E-state index is 12.9. The van der Waals surface area contributed by atoms with Gasteiger partial charge in [0.05, 0.1) is 0 Å². The number of carbonyl (C=O) groups is 1. The lowest BCUT2D eigenvalue weighted by molar-refractivity contribution is -0.145. The van der Waals surface area contributed by atoms with Gasteiger partial charge in [0.1, 0.15) is 5.75 Å². The van der Waals surface area contributed by atoms with E-state index in [2.05, 4.69) is 4.98 Å². The van der Waals surface area contributed by atoms with Gasteiger partial charge in [-0.2, -0.15) is 0 Å². The van der Waals surface area contributed by atoms with Crippen LogP contribution in [0.1, 0.15) is 50.7 Å². The Morgan fingerprint density at radius 2 is 1.48 bits per heavy atom. The number of carbonyl (C=O) groups excluding carboxylic acids is 1. The van der Waals surface area contributed by atoms with Crippen LogP contribution in [0.4, 0.5) is 0 Å². The predicted molar refractivity (Wildman–Crippen MR) is 109 cm³/mol. The second kappa shape index (κ2) is 8.85. The SMILES string of the molecule is CC(C)(Oc1ccc(/C=C/c2ccncc2)cc1)C(=O)N1CCCCCC1. The van der Waals surface area contributed by atoms with E-state index in [0.29, 0.717) is 5.75 Å². The lowest BCUT2D eigenvalue weighted by atomic mass is 10.1. The van der Waals surface area contributed by atoms with Gasteiger partial charge < -0.3 is 9.64 Å². The number of nitrogens with zero attached hydrogens (tertiary/aromatic N) is 2. The lowest BCUT2D eigenvalue weighted by Crippen LogP contribution is -2.49. The lowest BCUT2D eigenvalue weighted by Gasteiger charge is -2.31. The van der Waals surface area contributed by atoms with Crippen LogP contribution in [0, 0.1) is 0 Å². The number of likely N-dealkylation sites (tertiary alicyclic amines) is 1. The molecule has 0 unspecified atom stereocenters. The van der Waals surface area contributed by atoms with Crippen molar-refractivity contribution in [2.24, 2.45) is 0 Å². The normalized spacial score (nSPS) is 15.6. The smallest absolute Gasteiger partial charge is 0.266 e. The van der Waals surface area contributed by atoms with Crippen molar-refractivity contribution in [2.45, 2.75) is 45.1 Å². The van der Waals surface area contributed by atoms with Gasteiger partial charge in [0, 0.05) is 25.5 Å². The molecule has 142 valence electrons. The number of hydrogen-bond donors (Lipinski definition) is 0. The second-order valence-electron chi connectivity index (χ2n) is 7.50. The molecule has 1 aromatic carbocycles. The Morgan fingerprint density at radius 1 is 0.926 bits per heavy atom. The van der Waals surface area contributed by atoms with Gasteiger partial charge in [0.2, 0.25) is 0 Å². The van der Waals surface area contributed by atoms with Gasteiger partial charge in [-0.15, -0.1) is 0 Å². The minimum Gasteiger partial charge on any atom is -0.478 e. The number of hydrogen-bond acceptors (Lipinski definition) is 3. The number of ether oxygens (including phenoxy) is 1. The summed E-state index contributed by atoms with van der Waals surface area (Å²) < 4.78 is 6.05. The molecule has 1 amide bonds. The third-order valence-corrected chi connectivity index (χ3v) is 4.84. The van der Waals surface area contributed by atoms with Gasteiger partial charge in [-0.1, -0.05) is 37.1 Å². The fourth-order valence-electron chi connectivity index (χ4n) is 3.31. The number of rotatable bonds is 5. The molecule has 1 fully saturated rings. The first-order chi connectivity index (χ1) is 13.0. The van der Waals surface area contributed by atoms with Crippen molar-refractivity contribution in [3.63, 3.8) is 0 Å². The molecule has 0 aliphatic carbocycles. The standard InChI is InChI=1S/C23H28N2O2/c1-23(2,22(26)25-17-5-3-4-6-18-25)27-21-11-9-19(10-12-21)7-8-20-13-15-24-16-14-20/h7-16H,3-6,17-18H2,1-2H3/b8-7+. The van der Waals surface area contributed by atoms with Crippen LogP contribution in [0.3, 0.4) is 0 Å². The molecule has 2 heterocycles. The Morgan fingerprint density at radius 3 is 2.07 bits per heavy atom. The molecule has 0 radical (unpaired) electrons. The van der Waals surface area contributed by atoms with Crippen LogP contribution >= 0.6 is 0 Å². The average molecular weight is 364 g/mol. The molecule has 1 aliphatic rings. The quantitative estimate of drug-likeness (QED) is 0.764. The third-order valence-electron chi connectivity index (χ3n) is 4.84. The van der Waals surface area contributed by atoms with E-state index < -0.39 is 5.60 Å². The molecular weight excluding hydrogens is 336 g/mol. The van der Waals surface area contributed by atoms with Crippen molar-refractivity contribution in [3.05, 3.63) is 59.9 Å². The minimum absolute atomic E-state index is 0.0751. The summed E-state index contributed by atoms with van der Waals surface area (Å²) in [5, 5.41) is 0. The monoisotopic (exact) mass is 364 g/mol. The molecule has 0 N–H and O–H groups in total. The molecule has 4 nitrogen and oxygen atoms in total. The molecule has 0 saturated carbocycles. The molecule has 27 heavy (non-hydrogen) atoms. The van der Waals surface area contributed by atoms with Crippen LogP contribution < -0.4 is 4.74 Å². The second-order valence-corrected chi connectivity index (χ2v) is 7.50. The van der Waals surface area contributed by atoms with Gasteiger partial charge in [0.15, 0.2) is 5.60 Å². The van der Waals surface area contributed by atoms with E-state index in [1.807, 2.05) is 67.3 Å². The predicted octanol–water partition coefficient (Wildman–Crippen LogP) is 4.81. The molecule has 3 rings (SSSR count). The summed E-state index contributed by atoms with van der Waals surface area (Å²) in [6.45, 7) is 5.39. The van der Waals surface area contributed by atoms with Crippen LogP contribution in [-0.2, 0) is 4.79 Å². The Bertz CT molecular complexity index is 759. The summed E-state index contributed by atoms with van der Waals surface area (Å²) in [6.07, 6.45) is 12.2. The fraction of sp³-hybridized carbons (Fsp3) is 0.391. The van der Waals surface area contributed by atoms with Crippen molar-refractivity contribution in [3.8, 4) is 5.75 Å². The van der Waals surface area contributed by atoms with Crippen molar-refractivity contribution in [1.29, 1.82) is 0 Å². The highest BCUT2D eigenvalue weighted by molar-refractivity contribution is 5.84. The minimum atomic E-state index is -0.862. The number of pyridine rings is 1. The summed E-state index contributed by atoms with van der Waals surface area (Å²) in [7, 11) is 0. The summed E-state index contributed by atoms with van der Waals surface area (Å²) in [5.41, 5.74) is 1.32. The van der Waals surface area contributed by atoms with Crippen LogP contribution in [0.2, 0.25) is 0 Å². The third kappa shape index (κ3) is 5.43. The summed E-state index contributed by atoms with van der Waals surface area (Å²) >= 11 is 0. The first-order valence-electron chi connectivity index (χ1n) is 9.71. The molecular formula is C23H28N2O2. The molecule has 1 aromatic heterocycles. The van der Waals surface area contributed by atoms with Crippen molar-refractivity contribution >= 4 is 18.1 Å². The molecule has 2 aromatic rings. The van der Waals surface area contributed by atoms with Gasteiger partial charge >= 0.3 is 0 Å². The van der Waals surface area contributed by atoms with Gasteiger partial charge in [-0.25, -0.2) is 0 Å². The molecule has 1 aliphatic heterocycles. The van der Waals surface area contributed by atoms with Crippen molar-refractivity contribution in [1.82, 2.24) is 9.88 Å². The summed E-state index contributed by atoms with van der Waals surface area (Å²) in [4.78, 5) is 18.9. The Kier molecular flexibility index (Phi) is 6.28. The van der Waals surface area contributed by atoms with E-state index in [4.69, 9.17) is 4.74 Å². The zero-order valence-corrected chi connectivity index (χ0v) is 16.2. The number of amides is 1. The van der Waals surface area contributed by atoms with Crippen LogP contribution in [0.15, 0.2) is 48.8 Å². The zero-order chi connectivity index (χ0) is 19.1. The fourth-order valence-corrected chi connectivity index (χ4v) is 3.31. The molecule has 1 saturated heterocycles. The Balaban J connectivity index is 1.62. The first-order valence-corrected chi connectivity index (χ1v) is 9.71.